The smallest absolute Gasteiger partial charge is 0.243 e. The fraction of sp³-hybridized carbons (Fsp3) is 0.316. The summed E-state index contributed by atoms with van der Waals surface area (Å²) < 4.78 is 40.5. The van der Waals surface area contributed by atoms with Crippen molar-refractivity contribution in [3.05, 3.63) is 58.3 Å². The van der Waals surface area contributed by atoms with Crippen molar-refractivity contribution in [2.75, 3.05) is 24.2 Å². The summed E-state index contributed by atoms with van der Waals surface area (Å²) in [6, 6.07) is 10.8. The standard InChI is InChI=1S/C19H20BrFN2O3S2/c20-18-10-15(21)7-6-14(18)12-27-13-19(24)22-16-4-3-5-17(11-16)28(25,26)23-8-1-2-9-23/h3-7,10-11H,1-2,8-9,12-13H2,(H,22,24). The van der Waals surface area contributed by atoms with Crippen LogP contribution < -0.4 is 5.32 Å². The van der Waals surface area contributed by atoms with Gasteiger partial charge in [0, 0.05) is 29.0 Å². The topological polar surface area (TPSA) is 66.5 Å². The van der Waals surface area contributed by atoms with E-state index in [1.807, 2.05) is 0 Å². The summed E-state index contributed by atoms with van der Waals surface area (Å²) in [5.74, 6) is 0.214. The molecular formula is C19H20BrFN2O3S2. The number of sulfonamides is 1. The van der Waals surface area contributed by atoms with Gasteiger partial charge in [-0.25, -0.2) is 12.8 Å². The van der Waals surface area contributed by atoms with E-state index in [0.29, 0.717) is 29.0 Å². The van der Waals surface area contributed by atoms with Crippen molar-refractivity contribution in [3.8, 4) is 0 Å². The van der Waals surface area contributed by atoms with Crippen LogP contribution in [0.4, 0.5) is 10.1 Å². The molecule has 0 aliphatic carbocycles. The number of amides is 1. The van der Waals surface area contributed by atoms with Crippen LogP contribution in [0.1, 0.15) is 18.4 Å². The van der Waals surface area contributed by atoms with Crippen LogP contribution in [0.3, 0.4) is 0 Å². The van der Waals surface area contributed by atoms with Crippen molar-refractivity contribution >= 4 is 49.3 Å². The molecule has 1 aliphatic heterocycles. The molecule has 3 rings (SSSR count). The van der Waals surface area contributed by atoms with Gasteiger partial charge in [0.25, 0.3) is 0 Å². The van der Waals surface area contributed by atoms with Crippen LogP contribution >= 0.6 is 27.7 Å². The SMILES string of the molecule is O=C(CSCc1ccc(F)cc1Br)Nc1cccc(S(=O)(=O)N2CCCC2)c1. The predicted molar refractivity (Wildman–Crippen MR) is 113 cm³/mol. The highest BCUT2D eigenvalue weighted by Gasteiger charge is 2.27. The Hall–Kier alpha value is -1.42. The number of anilines is 1. The molecule has 1 aliphatic rings. The highest BCUT2D eigenvalue weighted by Crippen LogP contribution is 2.24. The molecule has 0 unspecified atom stereocenters. The number of nitrogens with one attached hydrogen (secondary N) is 1. The lowest BCUT2D eigenvalue weighted by Crippen LogP contribution is -2.28. The third-order valence-corrected chi connectivity index (χ3v) is 7.94. The number of halogens is 2. The Balaban J connectivity index is 1.57. The second-order valence-corrected chi connectivity index (χ2v) is 10.2. The fourth-order valence-electron chi connectivity index (χ4n) is 2.90. The molecule has 1 heterocycles. The molecule has 1 saturated heterocycles. The molecule has 5 nitrogen and oxygen atoms in total. The number of thioether (sulfide) groups is 1. The molecule has 9 heteroatoms. The van der Waals surface area contributed by atoms with E-state index in [2.05, 4.69) is 21.2 Å². The Morgan fingerprint density at radius 3 is 2.64 bits per heavy atom. The summed E-state index contributed by atoms with van der Waals surface area (Å²) in [5, 5.41) is 2.74. The molecule has 0 spiro atoms. The maximum atomic E-state index is 13.1. The Labute approximate surface area is 176 Å². The van der Waals surface area contributed by atoms with E-state index in [9.17, 15) is 17.6 Å². The predicted octanol–water partition coefficient (Wildman–Crippen LogP) is 4.24. The number of rotatable bonds is 7. The van der Waals surface area contributed by atoms with Crippen LogP contribution in [-0.4, -0.2) is 37.5 Å². The van der Waals surface area contributed by atoms with Gasteiger partial charge in [-0.1, -0.05) is 28.1 Å². The lowest BCUT2D eigenvalue weighted by molar-refractivity contribution is -0.113. The number of hydrogen-bond donors (Lipinski definition) is 1. The lowest BCUT2D eigenvalue weighted by Gasteiger charge is -2.16. The van der Waals surface area contributed by atoms with Gasteiger partial charge in [0.05, 0.1) is 10.6 Å². The zero-order valence-electron chi connectivity index (χ0n) is 15.0. The first-order valence-corrected chi connectivity index (χ1v) is 12.2. The number of benzene rings is 2. The van der Waals surface area contributed by atoms with Crippen molar-refractivity contribution in [1.29, 1.82) is 0 Å². The summed E-state index contributed by atoms with van der Waals surface area (Å²) in [4.78, 5) is 12.4. The van der Waals surface area contributed by atoms with Gasteiger partial charge in [-0.3, -0.25) is 4.79 Å². The Bertz CT molecular complexity index is 963. The highest BCUT2D eigenvalue weighted by molar-refractivity contribution is 9.10. The molecule has 1 amide bonds. The maximum absolute atomic E-state index is 13.1. The van der Waals surface area contributed by atoms with E-state index < -0.39 is 10.0 Å². The van der Waals surface area contributed by atoms with Crippen molar-refractivity contribution in [2.24, 2.45) is 0 Å². The molecule has 2 aromatic carbocycles. The summed E-state index contributed by atoms with van der Waals surface area (Å²) in [6.07, 6.45) is 1.74. The Morgan fingerprint density at radius 2 is 1.93 bits per heavy atom. The molecule has 1 N–H and O–H groups in total. The van der Waals surface area contributed by atoms with Crippen molar-refractivity contribution in [3.63, 3.8) is 0 Å². The van der Waals surface area contributed by atoms with Gasteiger partial charge in [-0.2, -0.15) is 4.31 Å². The third kappa shape index (κ3) is 5.34. The van der Waals surface area contributed by atoms with Crippen LogP contribution in [0, 0.1) is 5.82 Å². The largest absolute Gasteiger partial charge is 0.325 e. The van der Waals surface area contributed by atoms with Gasteiger partial charge in [0.15, 0.2) is 0 Å². The first kappa shape index (κ1) is 21.3. The second-order valence-electron chi connectivity index (χ2n) is 6.42. The van der Waals surface area contributed by atoms with Gasteiger partial charge < -0.3 is 5.32 Å². The van der Waals surface area contributed by atoms with Crippen LogP contribution in [-0.2, 0) is 20.6 Å². The van der Waals surface area contributed by atoms with Crippen LogP contribution in [0.2, 0.25) is 0 Å². The van der Waals surface area contributed by atoms with Crippen LogP contribution in [0.15, 0.2) is 51.8 Å². The molecule has 1 fully saturated rings. The molecular weight excluding hydrogens is 467 g/mol. The molecule has 0 saturated carbocycles. The highest BCUT2D eigenvalue weighted by atomic mass is 79.9. The number of hydrogen-bond acceptors (Lipinski definition) is 4. The Kier molecular flexibility index (Phi) is 7.14. The zero-order valence-corrected chi connectivity index (χ0v) is 18.2. The fourth-order valence-corrected chi connectivity index (χ4v) is 5.97. The zero-order chi connectivity index (χ0) is 20.1. The molecule has 2 aromatic rings. The van der Waals surface area contributed by atoms with Gasteiger partial charge in [0.2, 0.25) is 15.9 Å². The van der Waals surface area contributed by atoms with E-state index >= 15 is 0 Å². The van der Waals surface area contributed by atoms with Gasteiger partial charge in [-0.05, 0) is 48.7 Å². The molecule has 0 radical (unpaired) electrons. The molecule has 150 valence electrons. The first-order chi connectivity index (χ1) is 13.4. The van der Waals surface area contributed by atoms with E-state index in [1.165, 1.54) is 34.3 Å². The normalized spacial score (nSPS) is 14.9. The summed E-state index contributed by atoms with van der Waals surface area (Å²) in [5.41, 5.74) is 1.35. The van der Waals surface area contributed by atoms with Crippen molar-refractivity contribution < 1.29 is 17.6 Å². The average Bonchev–Trinajstić information content (AvgIpc) is 3.19. The number of nitrogens with zero attached hydrogens (tertiary/aromatic N) is 1. The average molecular weight is 487 g/mol. The summed E-state index contributed by atoms with van der Waals surface area (Å²) in [7, 11) is -3.52. The monoisotopic (exact) mass is 486 g/mol. The van der Waals surface area contributed by atoms with Crippen LogP contribution in [0.25, 0.3) is 0 Å². The van der Waals surface area contributed by atoms with Gasteiger partial charge >= 0.3 is 0 Å². The minimum absolute atomic E-state index is 0.190. The van der Waals surface area contributed by atoms with E-state index in [1.54, 1.807) is 24.3 Å². The van der Waals surface area contributed by atoms with E-state index in [-0.39, 0.29) is 22.4 Å². The van der Waals surface area contributed by atoms with Crippen molar-refractivity contribution in [2.45, 2.75) is 23.5 Å². The second kappa shape index (κ2) is 9.39. The Morgan fingerprint density at radius 1 is 1.18 bits per heavy atom. The third-order valence-electron chi connectivity index (χ3n) is 4.33. The molecule has 0 bridgehead atoms. The molecule has 0 atom stereocenters. The molecule has 28 heavy (non-hydrogen) atoms. The minimum atomic E-state index is -3.52. The number of carbonyl (C=O) groups excluding carboxylic acids is 1. The first-order valence-electron chi connectivity index (χ1n) is 8.78. The van der Waals surface area contributed by atoms with Gasteiger partial charge in [0.1, 0.15) is 5.82 Å². The van der Waals surface area contributed by atoms with Crippen LogP contribution in [0.5, 0.6) is 0 Å². The lowest BCUT2D eigenvalue weighted by atomic mass is 10.2. The van der Waals surface area contributed by atoms with Crippen molar-refractivity contribution in [1.82, 2.24) is 4.31 Å². The summed E-state index contributed by atoms with van der Waals surface area (Å²) in [6.45, 7) is 1.07. The maximum Gasteiger partial charge on any atom is 0.243 e. The number of carbonyl (C=O) groups is 1. The van der Waals surface area contributed by atoms with Gasteiger partial charge in [-0.15, -0.1) is 11.8 Å². The minimum Gasteiger partial charge on any atom is -0.325 e. The van der Waals surface area contributed by atoms with E-state index in [4.69, 9.17) is 0 Å². The summed E-state index contributed by atoms with van der Waals surface area (Å²) >= 11 is 4.70. The van der Waals surface area contributed by atoms with E-state index in [0.717, 1.165) is 18.4 Å². The molecule has 0 aromatic heterocycles. The quantitative estimate of drug-likeness (QED) is 0.635.